The fraction of sp³-hybridized carbons (Fsp3) is 0.500. The molecule has 0 unspecified atom stereocenters. The summed E-state index contributed by atoms with van der Waals surface area (Å²) >= 11 is 6.34. The third-order valence-corrected chi connectivity index (χ3v) is 4.77. The van der Waals surface area contributed by atoms with Gasteiger partial charge in [0.1, 0.15) is 5.82 Å². The van der Waals surface area contributed by atoms with E-state index in [2.05, 4.69) is 25.6 Å². The second kappa shape index (κ2) is 9.12. The van der Waals surface area contributed by atoms with Crippen molar-refractivity contribution in [2.45, 2.75) is 37.8 Å². The first kappa shape index (κ1) is 18.8. The molecule has 0 spiro atoms. The summed E-state index contributed by atoms with van der Waals surface area (Å²) in [6, 6.07) is 4.48. The number of hydrogen-bond donors (Lipinski definition) is 3. The van der Waals surface area contributed by atoms with E-state index in [0.29, 0.717) is 41.9 Å². The van der Waals surface area contributed by atoms with Gasteiger partial charge in [0, 0.05) is 37.5 Å². The number of pyridine rings is 1. The maximum absolute atomic E-state index is 6.34. The van der Waals surface area contributed by atoms with Crippen LogP contribution >= 0.6 is 11.6 Å². The summed E-state index contributed by atoms with van der Waals surface area (Å²) in [7, 11) is 1.67. The molecule has 2 aromatic heterocycles. The second-order valence-corrected chi connectivity index (χ2v) is 6.90. The largest absolute Gasteiger partial charge is 0.383 e. The molecule has 0 saturated heterocycles. The molecule has 0 radical (unpaired) electrons. The molecule has 0 aliphatic heterocycles. The molecule has 140 valence electrons. The van der Waals surface area contributed by atoms with Crippen LogP contribution in [0.4, 0.5) is 11.8 Å². The smallest absolute Gasteiger partial charge is 0.223 e. The molecule has 0 bridgehead atoms. The van der Waals surface area contributed by atoms with Crippen molar-refractivity contribution in [1.82, 2.24) is 15.0 Å². The van der Waals surface area contributed by atoms with Gasteiger partial charge in [0.25, 0.3) is 0 Å². The fourth-order valence-corrected chi connectivity index (χ4v) is 3.24. The lowest BCUT2D eigenvalue weighted by atomic mass is 9.92. The highest BCUT2D eigenvalue weighted by Crippen LogP contribution is 2.28. The fourth-order valence-electron chi connectivity index (χ4n) is 3.04. The van der Waals surface area contributed by atoms with Gasteiger partial charge in [0.2, 0.25) is 5.95 Å². The van der Waals surface area contributed by atoms with E-state index in [1.807, 2.05) is 12.1 Å². The number of nitrogens with two attached hydrogens (primary N) is 1. The van der Waals surface area contributed by atoms with Gasteiger partial charge in [-0.2, -0.15) is 0 Å². The minimum absolute atomic E-state index is 0.315. The zero-order chi connectivity index (χ0) is 18.4. The average Bonchev–Trinajstić information content (AvgIpc) is 2.66. The molecule has 2 aromatic rings. The number of anilines is 2. The molecular weight excluding hydrogens is 352 g/mol. The maximum atomic E-state index is 6.34. The van der Waals surface area contributed by atoms with Crippen molar-refractivity contribution < 1.29 is 4.74 Å². The van der Waals surface area contributed by atoms with Gasteiger partial charge in [-0.25, -0.2) is 15.0 Å². The predicted octanol–water partition coefficient (Wildman–Crippen LogP) is 2.93. The van der Waals surface area contributed by atoms with E-state index in [9.17, 15) is 0 Å². The molecule has 1 fully saturated rings. The Morgan fingerprint density at radius 3 is 2.85 bits per heavy atom. The van der Waals surface area contributed by atoms with Crippen molar-refractivity contribution in [3.05, 3.63) is 29.5 Å². The van der Waals surface area contributed by atoms with Crippen LogP contribution in [0.2, 0.25) is 5.02 Å². The number of ether oxygens (including phenoxy) is 1. The molecule has 0 amide bonds. The van der Waals surface area contributed by atoms with Crippen LogP contribution < -0.4 is 16.4 Å². The van der Waals surface area contributed by atoms with Gasteiger partial charge < -0.3 is 21.1 Å². The minimum atomic E-state index is 0.315. The Hall–Kier alpha value is -1.96. The van der Waals surface area contributed by atoms with E-state index >= 15 is 0 Å². The summed E-state index contributed by atoms with van der Waals surface area (Å²) in [5.41, 5.74) is 7.55. The monoisotopic (exact) mass is 376 g/mol. The summed E-state index contributed by atoms with van der Waals surface area (Å²) < 4.78 is 5.04. The molecule has 1 aliphatic rings. The molecule has 4 N–H and O–H groups in total. The Kier molecular flexibility index (Phi) is 6.60. The molecule has 26 heavy (non-hydrogen) atoms. The van der Waals surface area contributed by atoms with Crippen LogP contribution in [0.5, 0.6) is 0 Å². The zero-order valence-electron chi connectivity index (χ0n) is 14.9. The number of nitrogens with one attached hydrogen (secondary N) is 2. The first-order chi connectivity index (χ1) is 12.7. The molecular formula is C18H25ClN6O. The van der Waals surface area contributed by atoms with E-state index in [-0.39, 0.29) is 0 Å². The van der Waals surface area contributed by atoms with Gasteiger partial charge in [-0.1, -0.05) is 11.6 Å². The molecule has 2 heterocycles. The lowest BCUT2D eigenvalue weighted by Crippen LogP contribution is -2.33. The third-order valence-electron chi connectivity index (χ3n) is 4.49. The van der Waals surface area contributed by atoms with Crippen molar-refractivity contribution in [2.75, 3.05) is 30.9 Å². The summed E-state index contributed by atoms with van der Waals surface area (Å²) in [4.78, 5) is 13.3. The van der Waals surface area contributed by atoms with Crippen molar-refractivity contribution >= 4 is 23.4 Å². The predicted molar refractivity (Wildman–Crippen MR) is 104 cm³/mol. The topological polar surface area (TPSA) is 98.0 Å². The Morgan fingerprint density at radius 2 is 2.08 bits per heavy atom. The highest BCUT2D eigenvalue weighted by molar-refractivity contribution is 6.32. The molecule has 0 aromatic carbocycles. The highest BCUT2D eigenvalue weighted by Gasteiger charge is 2.19. The standard InChI is InChI=1S/C18H25ClN6O/c1-26-9-8-22-16-10-12(6-7-21-16)17-15(19)11-23-18(25-17)24-14-4-2-13(20)3-5-14/h6-7,10-11,13-14H,2-5,8-9,20H2,1H3,(H,21,22)(H,23,24,25). The number of hydrogen-bond acceptors (Lipinski definition) is 7. The number of methoxy groups -OCH3 is 1. The van der Waals surface area contributed by atoms with Crippen molar-refractivity contribution in [1.29, 1.82) is 0 Å². The quantitative estimate of drug-likeness (QED) is 0.639. The van der Waals surface area contributed by atoms with Crippen molar-refractivity contribution in [3.63, 3.8) is 0 Å². The highest BCUT2D eigenvalue weighted by atomic mass is 35.5. The van der Waals surface area contributed by atoms with Gasteiger partial charge >= 0.3 is 0 Å². The van der Waals surface area contributed by atoms with Gasteiger partial charge in [-0.3, -0.25) is 0 Å². The van der Waals surface area contributed by atoms with E-state index in [1.54, 1.807) is 19.5 Å². The maximum Gasteiger partial charge on any atom is 0.223 e. The summed E-state index contributed by atoms with van der Waals surface area (Å²) in [5.74, 6) is 1.35. The number of halogens is 1. The normalized spacial score (nSPS) is 20.0. The summed E-state index contributed by atoms with van der Waals surface area (Å²) in [6.07, 6.45) is 7.49. The Morgan fingerprint density at radius 1 is 1.27 bits per heavy atom. The lowest BCUT2D eigenvalue weighted by molar-refractivity contribution is 0.210. The van der Waals surface area contributed by atoms with Crippen LogP contribution in [0.25, 0.3) is 11.3 Å². The van der Waals surface area contributed by atoms with Gasteiger partial charge in [-0.15, -0.1) is 0 Å². The SMILES string of the molecule is COCCNc1cc(-c2nc(NC3CCC(N)CC3)ncc2Cl)ccn1. The zero-order valence-corrected chi connectivity index (χ0v) is 15.7. The number of rotatable bonds is 7. The first-order valence-corrected chi connectivity index (χ1v) is 9.27. The molecule has 7 nitrogen and oxygen atoms in total. The molecule has 1 saturated carbocycles. The minimum Gasteiger partial charge on any atom is -0.383 e. The van der Waals surface area contributed by atoms with E-state index < -0.39 is 0 Å². The average molecular weight is 377 g/mol. The lowest BCUT2D eigenvalue weighted by Gasteiger charge is -2.26. The van der Waals surface area contributed by atoms with Crippen LogP contribution in [0.15, 0.2) is 24.5 Å². The van der Waals surface area contributed by atoms with Crippen LogP contribution in [0.3, 0.4) is 0 Å². The number of nitrogens with zero attached hydrogens (tertiary/aromatic N) is 3. The van der Waals surface area contributed by atoms with Crippen LogP contribution in [-0.2, 0) is 4.74 Å². The van der Waals surface area contributed by atoms with Crippen LogP contribution in [0, 0.1) is 0 Å². The molecule has 0 atom stereocenters. The molecule has 1 aliphatic carbocycles. The van der Waals surface area contributed by atoms with Crippen LogP contribution in [0.1, 0.15) is 25.7 Å². The van der Waals surface area contributed by atoms with E-state index in [0.717, 1.165) is 37.1 Å². The van der Waals surface area contributed by atoms with E-state index in [4.69, 9.17) is 22.1 Å². The van der Waals surface area contributed by atoms with Gasteiger partial charge in [0.15, 0.2) is 0 Å². The number of aromatic nitrogens is 3. The van der Waals surface area contributed by atoms with Gasteiger partial charge in [-0.05, 0) is 37.8 Å². The van der Waals surface area contributed by atoms with Gasteiger partial charge in [0.05, 0.1) is 23.5 Å². The first-order valence-electron chi connectivity index (χ1n) is 8.89. The Labute approximate surface area is 158 Å². The molecule has 3 rings (SSSR count). The summed E-state index contributed by atoms with van der Waals surface area (Å²) in [6.45, 7) is 1.29. The summed E-state index contributed by atoms with van der Waals surface area (Å²) in [5, 5.41) is 7.13. The van der Waals surface area contributed by atoms with Crippen molar-refractivity contribution in [2.24, 2.45) is 5.73 Å². The second-order valence-electron chi connectivity index (χ2n) is 6.50. The van der Waals surface area contributed by atoms with Crippen molar-refractivity contribution in [3.8, 4) is 11.3 Å². The van der Waals surface area contributed by atoms with E-state index in [1.165, 1.54) is 0 Å². The third kappa shape index (κ3) is 5.03. The molecule has 8 heteroatoms. The Balaban J connectivity index is 1.74. The Bertz CT molecular complexity index is 721. The van der Waals surface area contributed by atoms with Crippen LogP contribution in [-0.4, -0.2) is 47.3 Å².